The van der Waals surface area contributed by atoms with Gasteiger partial charge in [-0.3, -0.25) is 0 Å². The third-order valence-electron chi connectivity index (χ3n) is 2.44. The van der Waals surface area contributed by atoms with Gasteiger partial charge in [0.1, 0.15) is 0 Å². The van der Waals surface area contributed by atoms with Gasteiger partial charge in [0.2, 0.25) is 0 Å². The van der Waals surface area contributed by atoms with Gasteiger partial charge in [0.15, 0.2) is 0 Å². The summed E-state index contributed by atoms with van der Waals surface area (Å²) in [5.41, 5.74) is 1.48. The molecule has 0 fully saturated rings. The molecule has 0 saturated carbocycles. The SMILES string of the molecule is CC(C)C1=CC=CC(C(C)C)[CH]1. The quantitative estimate of drug-likeness (QED) is 0.583. The van der Waals surface area contributed by atoms with Gasteiger partial charge in [0, 0.05) is 0 Å². The van der Waals surface area contributed by atoms with Crippen LogP contribution in [0.4, 0.5) is 0 Å². The highest BCUT2D eigenvalue weighted by atomic mass is 14.2. The Kier molecular flexibility index (Phi) is 3.13. The summed E-state index contributed by atoms with van der Waals surface area (Å²) in [5, 5.41) is 0. The Hall–Kier alpha value is -0.520. The van der Waals surface area contributed by atoms with Crippen molar-refractivity contribution in [1.82, 2.24) is 0 Å². The van der Waals surface area contributed by atoms with Gasteiger partial charge >= 0.3 is 0 Å². The number of hydrogen-bond acceptors (Lipinski definition) is 0. The van der Waals surface area contributed by atoms with Crippen LogP contribution in [0.3, 0.4) is 0 Å². The van der Waals surface area contributed by atoms with Crippen LogP contribution in [-0.4, -0.2) is 0 Å². The van der Waals surface area contributed by atoms with E-state index in [-0.39, 0.29) is 0 Å². The monoisotopic (exact) mass is 163 g/mol. The molecular weight excluding hydrogens is 144 g/mol. The highest BCUT2D eigenvalue weighted by molar-refractivity contribution is 5.30. The molecule has 0 heterocycles. The summed E-state index contributed by atoms with van der Waals surface area (Å²) >= 11 is 0. The first-order valence-corrected chi connectivity index (χ1v) is 4.84. The first kappa shape index (κ1) is 9.57. The fraction of sp³-hybridized carbons (Fsp3) is 0.583. The summed E-state index contributed by atoms with van der Waals surface area (Å²) in [7, 11) is 0. The lowest BCUT2D eigenvalue weighted by atomic mass is 9.82. The van der Waals surface area contributed by atoms with Gasteiger partial charge in [0.05, 0.1) is 0 Å². The predicted molar refractivity (Wildman–Crippen MR) is 54.7 cm³/mol. The van der Waals surface area contributed by atoms with E-state index in [0.717, 1.165) is 5.92 Å². The van der Waals surface area contributed by atoms with Gasteiger partial charge in [-0.25, -0.2) is 0 Å². The van der Waals surface area contributed by atoms with E-state index >= 15 is 0 Å². The van der Waals surface area contributed by atoms with Crippen molar-refractivity contribution in [2.24, 2.45) is 17.8 Å². The average molecular weight is 163 g/mol. The maximum atomic E-state index is 2.40. The van der Waals surface area contributed by atoms with Crippen molar-refractivity contribution in [1.29, 1.82) is 0 Å². The second-order valence-electron chi connectivity index (χ2n) is 4.19. The minimum absolute atomic E-state index is 0.646. The van der Waals surface area contributed by atoms with Crippen LogP contribution in [0.5, 0.6) is 0 Å². The summed E-state index contributed by atoms with van der Waals surface area (Å²) in [5.74, 6) is 2.03. The Morgan fingerprint density at radius 2 is 1.83 bits per heavy atom. The molecule has 0 heteroatoms. The van der Waals surface area contributed by atoms with Crippen molar-refractivity contribution in [2.75, 3.05) is 0 Å². The summed E-state index contributed by atoms with van der Waals surface area (Å²) in [6, 6.07) is 0. The molecule has 1 aliphatic rings. The number of hydrogen-bond donors (Lipinski definition) is 0. The average Bonchev–Trinajstić information content (AvgIpc) is 2.04. The minimum atomic E-state index is 0.646. The molecule has 0 aliphatic heterocycles. The summed E-state index contributed by atoms with van der Waals surface area (Å²) in [6.45, 7) is 9.04. The maximum Gasteiger partial charge on any atom is -0.00604 e. The minimum Gasteiger partial charge on any atom is -0.0805 e. The van der Waals surface area contributed by atoms with Gasteiger partial charge < -0.3 is 0 Å². The van der Waals surface area contributed by atoms with E-state index in [1.165, 1.54) is 5.57 Å². The lowest BCUT2D eigenvalue weighted by Crippen LogP contribution is -2.12. The van der Waals surface area contributed by atoms with Gasteiger partial charge in [-0.2, -0.15) is 0 Å². The van der Waals surface area contributed by atoms with Crippen LogP contribution in [0.2, 0.25) is 0 Å². The molecule has 67 valence electrons. The van der Waals surface area contributed by atoms with Crippen LogP contribution in [-0.2, 0) is 0 Å². The number of rotatable bonds is 2. The van der Waals surface area contributed by atoms with Crippen molar-refractivity contribution in [3.8, 4) is 0 Å². The van der Waals surface area contributed by atoms with Crippen LogP contribution < -0.4 is 0 Å². The Morgan fingerprint density at radius 1 is 1.17 bits per heavy atom. The fourth-order valence-corrected chi connectivity index (χ4v) is 1.43. The van der Waals surface area contributed by atoms with Gasteiger partial charge in [-0.1, -0.05) is 51.5 Å². The molecule has 12 heavy (non-hydrogen) atoms. The standard InChI is InChI=1S/C12H19/c1-9(2)11-6-5-7-12(8-11)10(3)4/h5-11H,1-4H3. The van der Waals surface area contributed by atoms with Crippen LogP contribution in [0.25, 0.3) is 0 Å². The molecule has 0 aromatic rings. The van der Waals surface area contributed by atoms with E-state index in [4.69, 9.17) is 0 Å². The zero-order valence-electron chi connectivity index (χ0n) is 8.54. The maximum absolute atomic E-state index is 2.40. The molecule has 1 aliphatic carbocycles. The fourth-order valence-electron chi connectivity index (χ4n) is 1.43. The predicted octanol–water partition coefficient (Wildman–Crippen LogP) is 3.62. The van der Waals surface area contributed by atoms with E-state index in [1.807, 2.05) is 0 Å². The van der Waals surface area contributed by atoms with E-state index in [2.05, 4.69) is 52.3 Å². The molecule has 0 aromatic heterocycles. The molecule has 0 aromatic carbocycles. The molecular formula is C12H19. The number of allylic oxidation sites excluding steroid dienone is 4. The lowest BCUT2D eigenvalue weighted by molar-refractivity contribution is 0.512. The lowest BCUT2D eigenvalue weighted by Gasteiger charge is -2.23. The van der Waals surface area contributed by atoms with Crippen LogP contribution >= 0.6 is 0 Å². The van der Waals surface area contributed by atoms with Gasteiger partial charge in [0.25, 0.3) is 0 Å². The summed E-state index contributed by atoms with van der Waals surface area (Å²) in [4.78, 5) is 0. The molecule has 1 rings (SSSR count). The molecule has 1 atom stereocenters. The van der Waals surface area contributed by atoms with Crippen molar-refractivity contribution >= 4 is 0 Å². The topological polar surface area (TPSA) is 0 Å². The molecule has 0 N–H and O–H groups in total. The molecule has 0 amide bonds. The second-order valence-corrected chi connectivity index (χ2v) is 4.19. The Bertz CT molecular complexity index is 194. The summed E-state index contributed by atoms with van der Waals surface area (Å²) < 4.78 is 0. The van der Waals surface area contributed by atoms with Crippen molar-refractivity contribution in [3.63, 3.8) is 0 Å². The molecule has 1 radical (unpaired) electrons. The molecule has 0 spiro atoms. The Labute approximate surface area is 76.4 Å². The third kappa shape index (κ3) is 2.23. The Balaban J connectivity index is 2.61. The van der Waals surface area contributed by atoms with Crippen molar-refractivity contribution in [3.05, 3.63) is 30.2 Å². The largest absolute Gasteiger partial charge is 0.0805 e. The third-order valence-corrected chi connectivity index (χ3v) is 2.44. The smallest absolute Gasteiger partial charge is 0.00604 e. The van der Waals surface area contributed by atoms with Crippen LogP contribution in [0, 0.1) is 24.2 Å². The highest BCUT2D eigenvalue weighted by Gasteiger charge is 2.16. The molecule has 0 bridgehead atoms. The zero-order valence-corrected chi connectivity index (χ0v) is 8.54. The van der Waals surface area contributed by atoms with Gasteiger partial charge in [-0.05, 0) is 24.2 Å². The zero-order chi connectivity index (χ0) is 9.14. The Morgan fingerprint density at radius 3 is 2.33 bits per heavy atom. The summed E-state index contributed by atoms with van der Waals surface area (Å²) in [6.07, 6.45) is 9.11. The van der Waals surface area contributed by atoms with Crippen molar-refractivity contribution < 1.29 is 0 Å². The molecule has 1 unspecified atom stereocenters. The van der Waals surface area contributed by atoms with Crippen LogP contribution in [0.15, 0.2) is 23.8 Å². The van der Waals surface area contributed by atoms with E-state index in [0.29, 0.717) is 11.8 Å². The van der Waals surface area contributed by atoms with E-state index in [9.17, 15) is 0 Å². The highest BCUT2D eigenvalue weighted by Crippen LogP contribution is 2.27. The normalized spacial score (nSPS) is 23.5. The molecule has 0 saturated heterocycles. The van der Waals surface area contributed by atoms with Crippen LogP contribution in [0.1, 0.15) is 27.7 Å². The van der Waals surface area contributed by atoms with Crippen molar-refractivity contribution in [2.45, 2.75) is 27.7 Å². The molecule has 0 nitrogen and oxygen atoms in total. The first-order valence-electron chi connectivity index (χ1n) is 4.84. The first-order chi connectivity index (χ1) is 5.61. The second kappa shape index (κ2) is 3.93. The van der Waals surface area contributed by atoms with Gasteiger partial charge in [-0.15, -0.1) is 0 Å². The van der Waals surface area contributed by atoms with E-state index in [1.54, 1.807) is 0 Å². The van der Waals surface area contributed by atoms with E-state index < -0.39 is 0 Å².